The molecule has 0 saturated carbocycles. The fourth-order valence-electron chi connectivity index (χ4n) is 5.31. The first-order valence-corrected chi connectivity index (χ1v) is 10.7. The number of nitrogen functional groups attached to an aromatic ring is 1. The highest BCUT2D eigenvalue weighted by Crippen LogP contribution is 2.47. The Morgan fingerprint density at radius 3 is 2.82 bits per heavy atom. The lowest BCUT2D eigenvalue weighted by molar-refractivity contribution is -0.137. The Morgan fingerprint density at radius 2 is 2.00 bits per heavy atom. The van der Waals surface area contributed by atoms with Gasteiger partial charge in [-0.3, -0.25) is 9.20 Å². The van der Waals surface area contributed by atoms with Gasteiger partial charge in [-0.25, -0.2) is 15.0 Å². The number of anilines is 1. The van der Waals surface area contributed by atoms with Gasteiger partial charge in [0, 0.05) is 6.54 Å². The topological polar surface area (TPSA) is 89.4 Å². The third-order valence-electron chi connectivity index (χ3n) is 6.77. The lowest BCUT2D eigenvalue weighted by Gasteiger charge is -2.38. The number of amides is 1. The Balaban J connectivity index is 1.40. The van der Waals surface area contributed by atoms with Crippen LogP contribution in [0.3, 0.4) is 0 Å². The number of nitrogens with two attached hydrogens (primary N) is 1. The second-order valence-electron chi connectivity index (χ2n) is 8.67. The molecule has 7 nitrogen and oxygen atoms in total. The average Bonchev–Trinajstić information content (AvgIpc) is 3.43. The Kier molecular flexibility index (Phi) is 4.17. The SMILES string of the molecule is Nc1nc2cnc(C(=O)N3CCC[C@@H]4Cc5cc(C(F)(F)F)ccc5[C@@H]43)cc2n2cncc12. The molecule has 1 fully saturated rings. The monoisotopic (exact) mass is 452 g/mol. The number of benzene rings is 1. The number of imidazole rings is 1. The molecule has 4 heterocycles. The number of carbonyl (C=O) groups excluding carboxylic acids is 1. The van der Waals surface area contributed by atoms with Gasteiger partial charge in [0.2, 0.25) is 0 Å². The summed E-state index contributed by atoms with van der Waals surface area (Å²) in [5, 5.41) is 0. The zero-order chi connectivity index (χ0) is 22.9. The second kappa shape index (κ2) is 6.90. The van der Waals surface area contributed by atoms with Crippen molar-refractivity contribution in [2.24, 2.45) is 5.92 Å². The molecule has 3 aromatic heterocycles. The van der Waals surface area contributed by atoms with Gasteiger partial charge in [0.1, 0.15) is 22.5 Å². The van der Waals surface area contributed by atoms with Crippen LogP contribution in [0.5, 0.6) is 0 Å². The highest BCUT2D eigenvalue weighted by atomic mass is 19.4. The number of fused-ring (bicyclic) bond motifs is 6. The Hall–Kier alpha value is -3.69. The van der Waals surface area contributed by atoms with E-state index < -0.39 is 11.7 Å². The molecular formula is C23H19F3N6O. The Morgan fingerprint density at radius 1 is 1.15 bits per heavy atom. The molecule has 168 valence electrons. The van der Waals surface area contributed by atoms with E-state index in [-0.39, 0.29) is 23.6 Å². The van der Waals surface area contributed by atoms with Gasteiger partial charge < -0.3 is 10.6 Å². The molecular weight excluding hydrogens is 433 g/mol. The summed E-state index contributed by atoms with van der Waals surface area (Å²) >= 11 is 0. The number of alkyl halides is 3. The summed E-state index contributed by atoms with van der Waals surface area (Å²) in [7, 11) is 0. The van der Waals surface area contributed by atoms with E-state index in [1.165, 1.54) is 18.3 Å². The summed E-state index contributed by atoms with van der Waals surface area (Å²) in [5.74, 6) is 0.174. The summed E-state index contributed by atoms with van der Waals surface area (Å²) < 4.78 is 41.4. The molecule has 0 radical (unpaired) electrons. The van der Waals surface area contributed by atoms with E-state index in [1.807, 2.05) is 0 Å². The van der Waals surface area contributed by atoms with Gasteiger partial charge in [0.05, 0.1) is 35.8 Å². The molecule has 1 amide bonds. The maximum Gasteiger partial charge on any atom is 0.416 e. The van der Waals surface area contributed by atoms with E-state index in [0.29, 0.717) is 40.9 Å². The van der Waals surface area contributed by atoms with Gasteiger partial charge in [-0.05, 0) is 54.5 Å². The molecule has 1 saturated heterocycles. The van der Waals surface area contributed by atoms with Gasteiger partial charge >= 0.3 is 6.18 Å². The van der Waals surface area contributed by atoms with E-state index in [9.17, 15) is 18.0 Å². The Bertz CT molecular complexity index is 1430. The first-order valence-electron chi connectivity index (χ1n) is 10.7. The van der Waals surface area contributed by atoms with Gasteiger partial charge in [-0.15, -0.1) is 0 Å². The minimum Gasteiger partial charge on any atom is -0.382 e. The van der Waals surface area contributed by atoms with E-state index in [0.717, 1.165) is 24.5 Å². The van der Waals surface area contributed by atoms with Crippen molar-refractivity contribution in [1.29, 1.82) is 0 Å². The first kappa shape index (κ1) is 20.0. The van der Waals surface area contributed by atoms with Crippen molar-refractivity contribution in [3.05, 3.63) is 65.4 Å². The molecule has 0 bridgehead atoms. The van der Waals surface area contributed by atoms with Gasteiger partial charge in [0.25, 0.3) is 5.91 Å². The van der Waals surface area contributed by atoms with Crippen LogP contribution in [0.25, 0.3) is 16.6 Å². The summed E-state index contributed by atoms with van der Waals surface area (Å²) in [4.78, 5) is 28.1. The van der Waals surface area contributed by atoms with Crippen molar-refractivity contribution in [3.63, 3.8) is 0 Å². The maximum atomic E-state index is 13.6. The minimum atomic E-state index is -4.39. The zero-order valence-electron chi connectivity index (χ0n) is 17.4. The molecule has 2 aliphatic rings. The molecule has 1 aromatic carbocycles. The van der Waals surface area contributed by atoms with E-state index >= 15 is 0 Å². The molecule has 0 spiro atoms. The number of halogens is 3. The number of hydrogen-bond donors (Lipinski definition) is 1. The van der Waals surface area contributed by atoms with Crippen LogP contribution in [0.1, 0.15) is 46.1 Å². The molecule has 6 rings (SSSR count). The van der Waals surface area contributed by atoms with Crippen molar-refractivity contribution in [2.75, 3.05) is 12.3 Å². The van der Waals surface area contributed by atoms with Crippen LogP contribution in [0, 0.1) is 5.92 Å². The van der Waals surface area contributed by atoms with Crippen molar-refractivity contribution in [3.8, 4) is 0 Å². The molecule has 2 atom stereocenters. The third-order valence-corrected chi connectivity index (χ3v) is 6.77. The smallest absolute Gasteiger partial charge is 0.382 e. The molecule has 1 aliphatic carbocycles. The van der Waals surface area contributed by atoms with Gasteiger partial charge in [-0.1, -0.05) is 6.07 Å². The number of aromatic nitrogens is 4. The van der Waals surface area contributed by atoms with Crippen LogP contribution in [0.15, 0.2) is 43.0 Å². The summed E-state index contributed by atoms with van der Waals surface area (Å²) in [6, 6.07) is 5.29. The molecule has 33 heavy (non-hydrogen) atoms. The van der Waals surface area contributed by atoms with Crippen LogP contribution in [-0.4, -0.2) is 36.7 Å². The fourth-order valence-corrected chi connectivity index (χ4v) is 5.31. The molecule has 1 aliphatic heterocycles. The number of hydrogen-bond acceptors (Lipinski definition) is 5. The van der Waals surface area contributed by atoms with Crippen molar-refractivity contribution < 1.29 is 18.0 Å². The lowest BCUT2D eigenvalue weighted by atomic mass is 9.89. The predicted octanol–water partition coefficient (Wildman–Crippen LogP) is 4.03. The van der Waals surface area contributed by atoms with Gasteiger partial charge in [-0.2, -0.15) is 13.2 Å². The molecule has 10 heteroatoms. The van der Waals surface area contributed by atoms with Crippen LogP contribution >= 0.6 is 0 Å². The number of nitrogens with zero attached hydrogens (tertiary/aromatic N) is 5. The van der Waals surface area contributed by atoms with Crippen molar-refractivity contribution in [1.82, 2.24) is 24.3 Å². The number of pyridine rings is 1. The lowest BCUT2D eigenvalue weighted by Crippen LogP contribution is -2.41. The molecule has 4 aromatic rings. The van der Waals surface area contributed by atoms with Crippen LogP contribution in [-0.2, 0) is 12.6 Å². The normalized spacial score (nSPS) is 20.3. The van der Waals surface area contributed by atoms with Crippen LogP contribution in [0.2, 0.25) is 0 Å². The van der Waals surface area contributed by atoms with E-state index in [1.54, 1.807) is 27.9 Å². The number of carbonyl (C=O) groups is 1. The summed E-state index contributed by atoms with van der Waals surface area (Å²) in [6.45, 7) is 0.528. The van der Waals surface area contributed by atoms with E-state index in [2.05, 4.69) is 15.0 Å². The number of piperidine rings is 1. The van der Waals surface area contributed by atoms with Crippen LogP contribution in [0.4, 0.5) is 19.0 Å². The fraction of sp³-hybridized carbons (Fsp3) is 0.304. The van der Waals surface area contributed by atoms with E-state index in [4.69, 9.17) is 5.73 Å². The van der Waals surface area contributed by atoms with Crippen molar-refractivity contribution in [2.45, 2.75) is 31.5 Å². The average molecular weight is 452 g/mol. The summed E-state index contributed by atoms with van der Waals surface area (Å²) in [6.07, 6.45) is 2.54. The number of likely N-dealkylation sites (tertiary alicyclic amines) is 1. The van der Waals surface area contributed by atoms with Gasteiger partial charge in [0.15, 0.2) is 0 Å². The third kappa shape index (κ3) is 3.04. The summed E-state index contributed by atoms with van der Waals surface area (Å²) in [5.41, 5.74) is 8.89. The highest BCUT2D eigenvalue weighted by Gasteiger charge is 2.42. The quantitative estimate of drug-likeness (QED) is 0.471. The second-order valence-corrected chi connectivity index (χ2v) is 8.67. The minimum absolute atomic E-state index is 0.100. The predicted molar refractivity (Wildman–Crippen MR) is 114 cm³/mol. The molecule has 2 N–H and O–H groups in total. The maximum absolute atomic E-state index is 13.6. The number of rotatable bonds is 1. The van der Waals surface area contributed by atoms with Crippen molar-refractivity contribution >= 4 is 28.3 Å². The van der Waals surface area contributed by atoms with Crippen LogP contribution < -0.4 is 5.73 Å². The Labute approximate surface area is 186 Å². The zero-order valence-corrected chi connectivity index (χ0v) is 17.4. The standard InChI is InChI=1S/C23H19F3N6O/c24-23(25,26)14-3-4-15-13(7-14)6-12-2-1-5-31(20(12)15)22(33)16-8-18-17(9-29-16)30-21(27)19-10-28-11-32(18)19/h3-4,7-12,20H,1-2,5-6H2,(H2,27,30)/t12-,20-/m1/s1. The largest absolute Gasteiger partial charge is 0.416 e. The first-order chi connectivity index (χ1) is 15.8. The highest BCUT2D eigenvalue weighted by molar-refractivity contribution is 5.96. The molecule has 0 unspecified atom stereocenters.